The van der Waals surface area contributed by atoms with Crippen LogP contribution in [0.5, 0.6) is 11.5 Å². The first kappa shape index (κ1) is 21.4. The van der Waals surface area contributed by atoms with Crippen LogP contribution < -0.4 is 13.8 Å². The first-order valence-corrected chi connectivity index (χ1v) is 10.9. The molecule has 156 valence electrons. The number of aryl methyl sites for hydroxylation is 1. The molecule has 3 aromatic rings. The predicted octanol–water partition coefficient (Wildman–Crippen LogP) is 4.06. The van der Waals surface area contributed by atoms with Gasteiger partial charge in [-0.15, -0.1) is 0 Å². The van der Waals surface area contributed by atoms with Crippen LogP contribution in [0.2, 0.25) is 0 Å². The number of nitrogens with zero attached hydrogens (tertiary/aromatic N) is 1. The second-order valence-electron chi connectivity index (χ2n) is 6.46. The highest BCUT2D eigenvalue weighted by Gasteiger charge is 2.31. The van der Waals surface area contributed by atoms with Crippen LogP contribution in [0.25, 0.3) is 0 Å². The van der Waals surface area contributed by atoms with Crippen molar-refractivity contribution in [2.24, 2.45) is 0 Å². The van der Waals surface area contributed by atoms with E-state index in [4.69, 9.17) is 9.47 Å². The summed E-state index contributed by atoms with van der Waals surface area (Å²) in [5, 5.41) is 0. The Balaban J connectivity index is 1.92. The highest BCUT2D eigenvalue weighted by atomic mass is 32.2. The summed E-state index contributed by atoms with van der Waals surface area (Å²) in [4.78, 5) is 13.1. The van der Waals surface area contributed by atoms with Crippen molar-refractivity contribution in [3.8, 4) is 11.5 Å². The molecule has 0 aliphatic carbocycles. The number of methoxy groups -OCH3 is 1. The summed E-state index contributed by atoms with van der Waals surface area (Å²) in [6.45, 7) is 1.55. The number of anilines is 1. The van der Waals surface area contributed by atoms with Crippen molar-refractivity contribution >= 4 is 21.6 Å². The summed E-state index contributed by atoms with van der Waals surface area (Å²) < 4.78 is 38.0. The first-order chi connectivity index (χ1) is 14.5. The van der Waals surface area contributed by atoms with E-state index in [0.717, 1.165) is 16.3 Å². The van der Waals surface area contributed by atoms with E-state index in [1.54, 1.807) is 66.7 Å². The number of carbonyl (C=O) groups excluding carboxylic acids is 1. The molecule has 0 radical (unpaired) electrons. The molecule has 0 saturated heterocycles. The highest BCUT2D eigenvalue weighted by molar-refractivity contribution is 7.93. The van der Waals surface area contributed by atoms with Gasteiger partial charge in [-0.1, -0.05) is 43.3 Å². The molecule has 3 rings (SSSR count). The summed E-state index contributed by atoms with van der Waals surface area (Å²) in [6.07, 6.45) is 0.804. The number of hydrogen-bond donors (Lipinski definition) is 0. The molecule has 0 unspecified atom stereocenters. The predicted molar refractivity (Wildman–Crippen MR) is 115 cm³/mol. The van der Waals surface area contributed by atoms with Crippen LogP contribution in [-0.4, -0.2) is 28.0 Å². The largest absolute Gasteiger partial charge is 0.497 e. The Morgan fingerprint density at radius 3 is 2.20 bits per heavy atom. The number of ether oxygens (including phenoxy) is 2. The van der Waals surface area contributed by atoms with Crippen molar-refractivity contribution in [1.29, 1.82) is 0 Å². The Labute approximate surface area is 176 Å². The SMILES string of the molecule is CCc1ccc(N(C(=O)COc2cccc(OC)c2)S(=O)(=O)c2ccccc2)cc1. The Hall–Kier alpha value is -3.32. The van der Waals surface area contributed by atoms with Crippen LogP contribution in [0.4, 0.5) is 5.69 Å². The molecule has 7 heteroatoms. The van der Waals surface area contributed by atoms with Gasteiger partial charge in [0.1, 0.15) is 11.5 Å². The van der Waals surface area contributed by atoms with Gasteiger partial charge in [0.25, 0.3) is 15.9 Å². The van der Waals surface area contributed by atoms with E-state index in [1.807, 2.05) is 6.92 Å². The lowest BCUT2D eigenvalue weighted by Gasteiger charge is -2.23. The van der Waals surface area contributed by atoms with Crippen molar-refractivity contribution in [3.63, 3.8) is 0 Å². The standard InChI is InChI=1S/C23H23NO5S/c1-3-18-12-14-19(15-13-18)24(30(26,27)22-10-5-4-6-11-22)23(25)17-29-21-9-7-8-20(16-21)28-2/h4-16H,3,17H2,1-2H3. The molecule has 0 N–H and O–H groups in total. The van der Waals surface area contributed by atoms with Crippen LogP contribution in [0, 0.1) is 0 Å². The zero-order valence-electron chi connectivity index (χ0n) is 16.8. The average Bonchev–Trinajstić information content (AvgIpc) is 2.79. The van der Waals surface area contributed by atoms with Crippen molar-refractivity contribution < 1.29 is 22.7 Å². The number of sulfonamides is 1. The van der Waals surface area contributed by atoms with Gasteiger partial charge < -0.3 is 9.47 Å². The fourth-order valence-electron chi connectivity index (χ4n) is 2.88. The van der Waals surface area contributed by atoms with E-state index in [1.165, 1.54) is 19.2 Å². The van der Waals surface area contributed by atoms with Crippen LogP contribution in [0.1, 0.15) is 12.5 Å². The van der Waals surface area contributed by atoms with Gasteiger partial charge in [-0.2, -0.15) is 4.31 Å². The van der Waals surface area contributed by atoms with E-state index < -0.39 is 22.5 Å². The smallest absolute Gasteiger partial charge is 0.278 e. The van der Waals surface area contributed by atoms with Gasteiger partial charge >= 0.3 is 0 Å². The maximum atomic E-state index is 13.3. The minimum absolute atomic E-state index is 0.0271. The maximum absolute atomic E-state index is 13.3. The lowest BCUT2D eigenvalue weighted by Crippen LogP contribution is -2.40. The third-order valence-electron chi connectivity index (χ3n) is 4.49. The van der Waals surface area contributed by atoms with Gasteiger partial charge in [0.05, 0.1) is 17.7 Å². The molecular formula is C23H23NO5S. The zero-order chi connectivity index (χ0) is 21.6. The lowest BCUT2D eigenvalue weighted by atomic mass is 10.1. The lowest BCUT2D eigenvalue weighted by molar-refractivity contribution is -0.119. The van der Waals surface area contributed by atoms with Crippen LogP contribution in [0.15, 0.2) is 83.8 Å². The molecule has 3 aromatic carbocycles. The molecule has 6 nitrogen and oxygen atoms in total. The Bertz CT molecular complexity index is 1100. The zero-order valence-corrected chi connectivity index (χ0v) is 17.6. The second-order valence-corrected chi connectivity index (χ2v) is 8.25. The van der Waals surface area contributed by atoms with Crippen LogP contribution in [-0.2, 0) is 21.2 Å². The molecule has 0 atom stereocenters. The summed E-state index contributed by atoms with van der Waals surface area (Å²) in [5.41, 5.74) is 1.30. The molecule has 30 heavy (non-hydrogen) atoms. The molecule has 0 spiro atoms. The minimum Gasteiger partial charge on any atom is -0.497 e. The minimum atomic E-state index is -4.11. The molecule has 0 bridgehead atoms. The summed E-state index contributed by atoms with van der Waals surface area (Å²) in [6, 6.07) is 21.5. The monoisotopic (exact) mass is 425 g/mol. The van der Waals surface area contributed by atoms with E-state index >= 15 is 0 Å². The molecule has 0 fully saturated rings. The Morgan fingerprint density at radius 1 is 0.900 bits per heavy atom. The quantitative estimate of drug-likeness (QED) is 0.544. The van der Waals surface area contributed by atoms with Crippen molar-refractivity contribution in [3.05, 3.63) is 84.4 Å². The molecule has 0 aromatic heterocycles. The molecular weight excluding hydrogens is 402 g/mol. The molecule has 0 heterocycles. The fourth-order valence-corrected chi connectivity index (χ4v) is 4.31. The van der Waals surface area contributed by atoms with Gasteiger partial charge in [0.2, 0.25) is 0 Å². The van der Waals surface area contributed by atoms with E-state index in [0.29, 0.717) is 11.5 Å². The summed E-state index contributed by atoms with van der Waals surface area (Å²) in [5.74, 6) is 0.274. The van der Waals surface area contributed by atoms with Crippen LogP contribution in [0.3, 0.4) is 0 Å². The maximum Gasteiger partial charge on any atom is 0.278 e. The van der Waals surface area contributed by atoms with Gasteiger partial charge in [0.15, 0.2) is 6.61 Å². The van der Waals surface area contributed by atoms with E-state index in [-0.39, 0.29) is 10.6 Å². The van der Waals surface area contributed by atoms with Crippen molar-refractivity contribution in [1.82, 2.24) is 0 Å². The first-order valence-electron chi connectivity index (χ1n) is 9.44. The van der Waals surface area contributed by atoms with Gasteiger partial charge in [0, 0.05) is 6.07 Å². The Morgan fingerprint density at radius 2 is 1.57 bits per heavy atom. The topological polar surface area (TPSA) is 72.9 Å². The fraction of sp³-hybridized carbons (Fsp3) is 0.174. The highest BCUT2D eigenvalue weighted by Crippen LogP contribution is 2.25. The van der Waals surface area contributed by atoms with E-state index in [2.05, 4.69) is 0 Å². The van der Waals surface area contributed by atoms with Gasteiger partial charge in [-0.25, -0.2) is 8.42 Å². The van der Waals surface area contributed by atoms with Gasteiger partial charge in [-0.05, 0) is 48.4 Å². The van der Waals surface area contributed by atoms with Gasteiger partial charge in [-0.3, -0.25) is 4.79 Å². The number of hydrogen-bond acceptors (Lipinski definition) is 5. The molecule has 0 aliphatic rings. The average molecular weight is 426 g/mol. The van der Waals surface area contributed by atoms with E-state index in [9.17, 15) is 13.2 Å². The summed E-state index contributed by atoms with van der Waals surface area (Å²) >= 11 is 0. The van der Waals surface area contributed by atoms with Crippen molar-refractivity contribution in [2.75, 3.05) is 18.0 Å². The summed E-state index contributed by atoms with van der Waals surface area (Å²) in [7, 11) is -2.58. The normalized spacial score (nSPS) is 11.0. The Kier molecular flexibility index (Phi) is 6.74. The second kappa shape index (κ2) is 9.45. The number of carbonyl (C=O) groups is 1. The molecule has 0 saturated carbocycles. The molecule has 0 aliphatic heterocycles. The molecule has 1 amide bonds. The third-order valence-corrected chi connectivity index (χ3v) is 6.25. The number of amides is 1. The van der Waals surface area contributed by atoms with Crippen LogP contribution >= 0.6 is 0 Å². The number of rotatable bonds is 8. The third kappa shape index (κ3) is 4.80. The van der Waals surface area contributed by atoms with Crippen molar-refractivity contribution in [2.45, 2.75) is 18.2 Å². The number of benzene rings is 3.